The van der Waals surface area contributed by atoms with Crippen molar-refractivity contribution in [3.63, 3.8) is 0 Å². The third kappa shape index (κ3) is 4.07. The van der Waals surface area contributed by atoms with E-state index >= 15 is 0 Å². The van der Waals surface area contributed by atoms with Crippen molar-refractivity contribution in [2.45, 2.75) is 25.9 Å². The number of nitrogens with two attached hydrogens (primary N) is 1. The Hall–Kier alpha value is -1.35. The van der Waals surface area contributed by atoms with Crippen molar-refractivity contribution in [3.8, 4) is 0 Å². The number of benzene rings is 2. The maximum atomic E-state index is 6.30. The standard InChI is InChI=1S/C18H23ClN2/c1-3-14-8-10-15(11-9-14)13-21(2)18(12-20)16-6-4-5-7-17(16)19/h4-11,18H,3,12-13,20H2,1-2H3. The smallest absolute Gasteiger partial charge is 0.0485 e. The van der Waals surface area contributed by atoms with Gasteiger partial charge in [-0.25, -0.2) is 0 Å². The first kappa shape index (κ1) is 16.0. The molecule has 0 bridgehead atoms. The van der Waals surface area contributed by atoms with Gasteiger partial charge in [0.1, 0.15) is 0 Å². The first-order chi connectivity index (χ1) is 10.2. The molecule has 2 aromatic carbocycles. The first-order valence-corrected chi connectivity index (χ1v) is 7.76. The van der Waals surface area contributed by atoms with Gasteiger partial charge in [0.2, 0.25) is 0 Å². The van der Waals surface area contributed by atoms with Gasteiger partial charge in [-0.15, -0.1) is 0 Å². The van der Waals surface area contributed by atoms with Crippen LogP contribution in [0.3, 0.4) is 0 Å². The molecule has 21 heavy (non-hydrogen) atoms. The quantitative estimate of drug-likeness (QED) is 0.873. The zero-order chi connectivity index (χ0) is 15.2. The van der Waals surface area contributed by atoms with Crippen LogP contribution in [0.5, 0.6) is 0 Å². The molecule has 0 heterocycles. The minimum Gasteiger partial charge on any atom is -0.329 e. The maximum Gasteiger partial charge on any atom is 0.0485 e. The molecule has 0 saturated heterocycles. The Morgan fingerprint density at radius 3 is 2.24 bits per heavy atom. The van der Waals surface area contributed by atoms with Crippen LogP contribution in [0, 0.1) is 0 Å². The van der Waals surface area contributed by atoms with Crippen molar-refractivity contribution in [2.24, 2.45) is 5.73 Å². The van der Waals surface area contributed by atoms with Crippen LogP contribution in [0.4, 0.5) is 0 Å². The molecule has 2 aromatic rings. The fourth-order valence-corrected chi connectivity index (χ4v) is 2.83. The molecule has 0 radical (unpaired) electrons. The number of hydrogen-bond donors (Lipinski definition) is 1. The largest absolute Gasteiger partial charge is 0.329 e. The minimum atomic E-state index is 0.129. The Labute approximate surface area is 132 Å². The molecular formula is C18H23ClN2. The summed E-state index contributed by atoms with van der Waals surface area (Å²) in [7, 11) is 2.09. The second-order valence-electron chi connectivity index (χ2n) is 5.36. The fourth-order valence-electron chi connectivity index (χ4n) is 2.57. The Kier molecular flexibility index (Phi) is 5.80. The van der Waals surface area contributed by atoms with Gasteiger partial charge in [0, 0.05) is 24.2 Å². The third-order valence-electron chi connectivity index (χ3n) is 3.88. The Morgan fingerprint density at radius 2 is 1.67 bits per heavy atom. The molecule has 0 spiro atoms. The molecule has 2 rings (SSSR count). The van der Waals surface area contributed by atoms with Crippen molar-refractivity contribution in [3.05, 3.63) is 70.2 Å². The van der Waals surface area contributed by atoms with Crippen LogP contribution in [0.15, 0.2) is 48.5 Å². The lowest BCUT2D eigenvalue weighted by Crippen LogP contribution is -2.30. The van der Waals surface area contributed by atoms with E-state index in [9.17, 15) is 0 Å². The van der Waals surface area contributed by atoms with Crippen LogP contribution in [-0.4, -0.2) is 18.5 Å². The predicted molar refractivity (Wildman–Crippen MR) is 90.5 cm³/mol. The second-order valence-corrected chi connectivity index (χ2v) is 5.77. The van der Waals surface area contributed by atoms with Crippen molar-refractivity contribution < 1.29 is 0 Å². The Bertz CT molecular complexity index is 566. The number of aryl methyl sites for hydroxylation is 1. The molecule has 0 aliphatic rings. The summed E-state index contributed by atoms with van der Waals surface area (Å²) in [5, 5.41) is 0.779. The van der Waals surface area contributed by atoms with E-state index < -0.39 is 0 Å². The first-order valence-electron chi connectivity index (χ1n) is 7.38. The van der Waals surface area contributed by atoms with E-state index in [4.69, 9.17) is 17.3 Å². The summed E-state index contributed by atoms with van der Waals surface area (Å²) in [5.74, 6) is 0. The van der Waals surface area contributed by atoms with Crippen LogP contribution in [0.2, 0.25) is 5.02 Å². The maximum absolute atomic E-state index is 6.30. The van der Waals surface area contributed by atoms with Crippen molar-refractivity contribution in [2.75, 3.05) is 13.6 Å². The molecule has 0 aromatic heterocycles. The summed E-state index contributed by atoms with van der Waals surface area (Å²) < 4.78 is 0. The van der Waals surface area contributed by atoms with Gasteiger partial charge in [-0.2, -0.15) is 0 Å². The predicted octanol–water partition coefficient (Wildman–Crippen LogP) is 4.03. The monoisotopic (exact) mass is 302 g/mol. The molecule has 1 unspecified atom stereocenters. The van der Waals surface area contributed by atoms with Crippen LogP contribution >= 0.6 is 11.6 Å². The van der Waals surface area contributed by atoms with Crippen LogP contribution in [-0.2, 0) is 13.0 Å². The zero-order valence-electron chi connectivity index (χ0n) is 12.7. The number of halogens is 1. The topological polar surface area (TPSA) is 29.3 Å². The van der Waals surface area contributed by atoms with E-state index in [0.717, 1.165) is 23.6 Å². The van der Waals surface area contributed by atoms with E-state index in [1.54, 1.807) is 0 Å². The van der Waals surface area contributed by atoms with E-state index in [2.05, 4.69) is 49.2 Å². The fraction of sp³-hybridized carbons (Fsp3) is 0.333. The van der Waals surface area contributed by atoms with Gasteiger partial charge in [0.15, 0.2) is 0 Å². The summed E-state index contributed by atoms with van der Waals surface area (Å²) in [6, 6.07) is 16.8. The van der Waals surface area contributed by atoms with Gasteiger partial charge in [0.25, 0.3) is 0 Å². The van der Waals surface area contributed by atoms with E-state index in [-0.39, 0.29) is 6.04 Å². The highest BCUT2D eigenvalue weighted by Gasteiger charge is 2.17. The molecule has 2 nitrogen and oxygen atoms in total. The third-order valence-corrected chi connectivity index (χ3v) is 4.23. The second kappa shape index (κ2) is 7.60. The van der Waals surface area contributed by atoms with Gasteiger partial charge >= 0.3 is 0 Å². The summed E-state index contributed by atoms with van der Waals surface area (Å²) >= 11 is 6.30. The van der Waals surface area contributed by atoms with Crippen LogP contribution in [0.25, 0.3) is 0 Å². The lowest BCUT2D eigenvalue weighted by Gasteiger charge is -2.28. The average Bonchev–Trinajstić information content (AvgIpc) is 2.50. The zero-order valence-corrected chi connectivity index (χ0v) is 13.5. The molecule has 0 saturated carbocycles. The summed E-state index contributed by atoms with van der Waals surface area (Å²) in [6.07, 6.45) is 1.07. The van der Waals surface area contributed by atoms with E-state index in [1.165, 1.54) is 11.1 Å². The molecule has 0 aliphatic heterocycles. The number of nitrogens with zero attached hydrogens (tertiary/aromatic N) is 1. The van der Waals surface area contributed by atoms with Crippen molar-refractivity contribution >= 4 is 11.6 Å². The highest BCUT2D eigenvalue weighted by Crippen LogP contribution is 2.27. The number of hydrogen-bond acceptors (Lipinski definition) is 2. The lowest BCUT2D eigenvalue weighted by molar-refractivity contribution is 0.242. The molecular weight excluding hydrogens is 280 g/mol. The highest BCUT2D eigenvalue weighted by atomic mass is 35.5. The summed E-state index contributed by atoms with van der Waals surface area (Å²) in [5.41, 5.74) is 9.72. The highest BCUT2D eigenvalue weighted by molar-refractivity contribution is 6.31. The number of likely N-dealkylation sites (N-methyl/N-ethyl adjacent to an activating group) is 1. The molecule has 0 fully saturated rings. The van der Waals surface area contributed by atoms with Gasteiger partial charge in [-0.1, -0.05) is 61.0 Å². The van der Waals surface area contributed by atoms with Gasteiger partial charge < -0.3 is 5.73 Å². The lowest BCUT2D eigenvalue weighted by atomic mass is 10.0. The van der Waals surface area contributed by atoms with Gasteiger partial charge in [-0.3, -0.25) is 4.90 Å². The van der Waals surface area contributed by atoms with Crippen molar-refractivity contribution in [1.29, 1.82) is 0 Å². The van der Waals surface area contributed by atoms with E-state index in [0.29, 0.717) is 6.54 Å². The van der Waals surface area contributed by atoms with E-state index in [1.807, 2.05) is 18.2 Å². The van der Waals surface area contributed by atoms with Crippen LogP contribution in [0.1, 0.15) is 29.7 Å². The molecule has 2 N–H and O–H groups in total. The Morgan fingerprint density at radius 1 is 1.05 bits per heavy atom. The van der Waals surface area contributed by atoms with Gasteiger partial charge in [-0.05, 0) is 36.2 Å². The summed E-state index contributed by atoms with van der Waals surface area (Å²) in [4.78, 5) is 2.25. The number of rotatable bonds is 6. The molecule has 0 amide bonds. The van der Waals surface area contributed by atoms with Crippen molar-refractivity contribution in [1.82, 2.24) is 4.90 Å². The summed E-state index contributed by atoms with van der Waals surface area (Å²) in [6.45, 7) is 3.58. The van der Waals surface area contributed by atoms with Crippen LogP contribution < -0.4 is 5.73 Å². The molecule has 3 heteroatoms. The average molecular weight is 303 g/mol. The molecule has 112 valence electrons. The molecule has 1 atom stereocenters. The molecule has 0 aliphatic carbocycles. The Balaban J connectivity index is 2.13. The van der Waals surface area contributed by atoms with Gasteiger partial charge in [0.05, 0.1) is 0 Å². The SMILES string of the molecule is CCc1ccc(CN(C)C(CN)c2ccccc2Cl)cc1. The normalized spacial score (nSPS) is 12.6. The minimum absolute atomic E-state index is 0.129.